The number of benzene rings is 1. The lowest BCUT2D eigenvalue weighted by Gasteiger charge is -2.30. The maximum absolute atomic E-state index is 9.16. The molecule has 0 unspecified atom stereocenters. The molecule has 1 aromatic carbocycles. The van der Waals surface area contributed by atoms with Crippen LogP contribution >= 0.6 is 39.1 Å². The minimum atomic E-state index is 0.306. The standard InChI is InChI=1S/C13H9BrClN3S/c14-11-3-1-2-8-4-5-18(7-10(8)11)13-9(6-16)12(15)17-19-13/h1-3H,4-5,7H2. The first kappa shape index (κ1) is 12.9. The number of hydrogen-bond donors (Lipinski definition) is 0. The minimum Gasteiger partial charge on any atom is -0.356 e. The molecule has 3 nitrogen and oxygen atoms in total. The molecule has 0 aliphatic carbocycles. The second kappa shape index (κ2) is 5.12. The molecule has 6 heteroatoms. The quantitative estimate of drug-likeness (QED) is 0.777. The number of halogens is 2. The van der Waals surface area contributed by atoms with E-state index in [-0.39, 0.29) is 0 Å². The van der Waals surface area contributed by atoms with Crippen LogP contribution in [-0.2, 0) is 13.0 Å². The van der Waals surface area contributed by atoms with Crippen molar-refractivity contribution in [1.29, 1.82) is 5.26 Å². The Labute approximate surface area is 128 Å². The van der Waals surface area contributed by atoms with Crippen LogP contribution in [0, 0.1) is 11.3 Å². The molecule has 1 aromatic heterocycles. The molecule has 0 amide bonds. The Bertz CT molecular complexity index is 677. The molecule has 1 aliphatic rings. The first-order valence-corrected chi connectivity index (χ1v) is 7.71. The van der Waals surface area contributed by atoms with Gasteiger partial charge in [0.1, 0.15) is 16.6 Å². The predicted octanol–water partition coefficient (Wildman–Crippen LogP) is 3.99. The van der Waals surface area contributed by atoms with E-state index in [1.54, 1.807) is 0 Å². The average Bonchev–Trinajstić information content (AvgIpc) is 2.80. The molecule has 3 rings (SSSR count). The fourth-order valence-electron chi connectivity index (χ4n) is 2.29. The zero-order valence-corrected chi connectivity index (χ0v) is 13.0. The van der Waals surface area contributed by atoms with Crippen molar-refractivity contribution in [3.8, 4) is 6.07 Å². The summed E-state index contributed by atoms with van der Waals surface area (Å²) in [6.07, 6.45) is 0.967. The molecule has 0 bridgehead atoms. The van der Waals surface area contributed by atoms with Gasteiger partial charge in [0.2, 0.25) is 0 Å². The van der Waals surface area contributed by atoms with Gasteiger partial charge < -0.3 is 4.90 Å². The van der Waals surface area contributed by atoms with Crippen LogP contribution < -0.4 is 4.90 Å². The number of aromatic nitrogens is 1. The van der Waals surface area contributed by atoms with Gasteiger partial charge in [0.25, 0.3) is 0 Å². The van der Waals surface area contributed by atoms with E-state index in [1.165, 1.54) is 22.7 Å². The average molecular weight is 355 g/mol. The predicted molar refractivity (Wildman–Crippen MR) is 80.7 cm³/mol. The topological polar surface area (TPSA) is 39.9 Å². The van der Waals surface area contributed by atoms with E-state index in [0.717, 1.165) is 29.0 Å². The van der Waals surface area contributed by atoms with Crippen molar-refractivity contribution in [3.63, 3.8) is 0 Å². The normalized spacial score (nSPS) is 14.1. The summed E-state index contributed by atoms with van der Waals surface area (Å²) in [6.45, 7) is 1.67. The number of hydrogen-bond acceptors (Lipinski definition) is 4. The van der Waals surface area contributed by atoms with Gasteiger partial charge in [0.15, 0.2) is 5.15 Å². The van der Waals surface area contributed by atoms with Crippen molar-refractivity contribution in [1.82, 2.24) is 4.37 Å². The van der Waals surface area contributed by atoms with Crippen molar-refractivity contribution in [2.24, 2.45) is 0 Å². The summed E-state index contributed by atoms with van der Waals surface area (Å²) in [6, 6.07) is 8.40. The summed E-state index contributed by atoms with van der Waals surface area (Å²) in [7, 11) is 0. The number of nitriles is 1. The highest BCUT2D eigenvalue weighted by molar-refractivity contribution is 9.10. The van der Waals surface area contributed by atoms with Crippen LogP contribution in [0.25, 0.3) is 0 Å². The van der Waals surface area contributed by atoms with Crippen LogP contribution in [0.2, 0.25) is 5.15 Å². The Morgan fingerprint density at radius 2 is 2.32 bits per heavy atom. The molecule has 0 saturated heterocycles. The molecule has 0 radical (unpaired) electrons. The molecule has 2 aromatic rings. The zero-order valence-electron chi connectivity index (χ0n) is 9.86. The first-order chi connectivity index (χ1) is 9.20. The zero-order chi connectivity index (χ0) is 13.4. The van der Waals surface area contributed by atoms with Crippen LogP contribution in [-0.4, -0.2) is 10.9 Å². The van der Waals surface area contributed by atoms with Gasteiger partial charge in [-0.25, -0.2) is 0 Å². The van der Waals surface area contributed by atoms with E-state index >= 15 is 0 Å². The number of rotatable bonds is 1. The number of anilines is 1. The van der Waals surface area contributed by atoms with Gasteiger partial charge in [-0.3, -0.25) is 0 Å². The van der Waals surface area contributed by atoms with Gasteiger partial charge in [0.05, 0.1) is 0 Å². The molecular formula is C13H9BrClN3S. The van der Waals surface area contributed by atoms with Crippen LogP contribution in [0.5, 0.6) is 0 Å². The van der Waals surface area contributed by atoms with Crippen LogP contribution in [0.15, 0.2) is 22.7 Å². The molecule has 96 valence electrons. The van der Waals surface area contributed by atoms with Crippen molar-refractivity contribution in [3.05, 3.63) is 44.5 Å². The molecule has 0 N–H and O–H groups in total. The summed E-state index contributed by atoms with van der Waals surface area (Å²) in [5, 5.41) is 10.3. The van der Waals surface area contributed by atoms with Gasteiger partial charge in [-0.15, -0.1) is 0 Å². The Balaban J connectivity index is 1.98. The molecule has 0 fully saturated rings. The lowest BCUT2D eigenvalue weighted by Crippen LogP contribution is -2.30. The lowest BCUT2D eigenvalue weighted by atomic mass is 10.00. The van der Waals surface area contributed by atoms with Crippen molar-refractivity contribution in [2.75, 3.05) is 11.4 Å². The Hall–Kier alpha value is -1.09. The summed E-state index contributed by atoms with van der Waals surface area (Å²) in [5.74, 6) is 0. The van der Waals surface area contributed by atoms with Gasteiger partial charge in [-0.05, 0) is 35.1 Å². The fourth-order valence-corrected chi connectivity index (χ4v) is 3.87. The van der Waals surface area contributed by atoms with E-state index in [2.05, 4.69) is 43.4 Å². The molecule has 19 heavy (non-hydrogen) atoms. The molecule has 0 saturated carbocycles. The Kier molecular flexibility index (Phi) is 3.48. The van der Waals surface area contributed by atoms with E-state index in [0.29, 0.717) is 10.7 Å². The second-order valence-corrected chi connectivity index (χ2v) is 6.28. The van der Waals surface area contributed by atoms with Crippen LogP contribution in [0.4, 0.5) is 5.00 Å². The van der Waals surface area contributed by atoms with E-state index < -0.39 is 0 Å². The highest BCUT2D eigenvalue weighted by Crippen LogP contribution is 2.35. The third-order valence-corrected chi connectivity index (χ3v) is 5.27. The van der Waals surface area contributed by atoms with E-state index in [4.69, 9.17) is 16.9 Å². The van der Waals surface area contributed by atoms with Crippen LogP contribution in [0.3, 0.4) is 0 Å². The van der Waals surface area contributed by atoms with Gasteiger partial charge >= 0.3 is 0 Å². The summed E-state index contributed by atoms with van der Waals surface area (Å²) in [5.41, 5.74) is 3.13. The summed E-state index contributed by atoms with van der Waals surface area (Å²) >= 11 is 10.8. The third-order valence-electron chi connectivity index (χ3n) is 3.25. The lowest BCUT2D eigenvalue weighted by molar-refractivity contribution is 0.734. The first-order valence-electron chi connectivity index (χ1n) is 5.77. The van der Waals surface area contributed by atoms with Gasteiger partial charge in [-0.2, -0.15) is 9.64 Å². The van der Waals surface area contributed by atoms with Crippen molar-refractivity contribution >= 4 is 44.1 Å². The molecule has 2 heterocycles. The maximum Gasteiger partial charge on any atom is 0.162 e. The largest absolute Gasteiger partial charge is 0.356 e. The smallest absolute Gasteiger partial charge is 0.162 e. The minimum absolute atomic E-state index is 0.306. The van der Waals surface area contributed by atoms with Crippen molar-refractivity contribution in [2.45, 2.75) is 13.0 Å². The summed E-state index contributed by atoms with van der Waals surface area (Å²) < 4.78 is 5.19. The second-order valence-electron chi connectivity index (χ2n) is 4.31. The highest BCUT2D eigenvalue weighted by atomic mass is 79.9. The molecular weight excluding hydrogens is 346 g/mol. The highest BCUT2D eigenvalue weighted by Gasteiger charge is 2.23. The fraction of sp³-hybridized carbons (Fsp3) is 0.231. The van der Waals surface area contributed by atoms with Gasteiger partial charge in [0, 0.05) is 17.6 Å². The van der Waals surface area contributed by atoms with Gasteiger partial charge in [-0.1, -0.05) is 39.7 Å². The number of fused-ring (bicyclic) bond motifs is 1. The third kappa shape index (κ3) is 2.25. The van der Waals surface area contributed by atoms with E-state index in [9.17, 15) is 0 Å². The molecule has 0 spiro atoms. The van der Waals surface area contributed by atoms with Crippen LogP contribution in [0.1, 0.15) is 16.7 Å². The van der Waals surface area contributed by atoms with Crippen molar-refractivity contribution < 1.29 is 0 Å². The molecule has 1 aliphatic heterocycles. The Morgan fingerprint density at radius 1 is 1.47 bits per heavy atom. The molecule has 0 atom stereocenters. The van der Waals surface area contributed by atoms with E-state index in [1.807, 2.05) is 6.07 Å². The summed E-state index contributed by atoms with van der Waals surface area (Å²) in [4.78, 5) is 2.18. The SMILES string of the molecule is N#Cc1c(Cl)nsc1N1CCc2cccc(Br)c2C1. The maximum atomic E-state index is 9.16. The number of nitrogens with zero attached hydrogens (tertiary/aromatic N) is 3. The monoisotopic (exact) mass is 353 g/mol. The Morgan fingerprint density at radius 3 is 3.11 bits per heavy atom.